The largest absolute Gasteiger partial charge is 0.403 e. The van der Waals surface area contributed by atoms with Gasteiger partial charge in [-0.3, -0.25) is 9.59 Å². The summed E-state index contributed by atoms with van der Waals surface area (Å²) in [5, 5.41) is -0.278. The van der Waals surface area contributed by atoms with Crippen LogP contribution in [-0.4, -0.2) is 40.7 Å². The SMILES string of the molecule is CC(C)(C)[Si](C)(C)O[C@@H](C(N)=O)[C@@H](O[Si](C)(C)C(C)(C)C)C(N)=O. The topological polar surface area (TPSA) is 105 Å². The van der Waals surface area contributed by atoms with Crippen LogP contribution < -0.4 is 11.5 Å². The average molecular weight is 377 g/mol. The first kappa shape index (κ1) is 23.3. The maximum absolute atomic E-state index is 12.0. The van der Waals surface area contributed by atoms with Crippen LogP contribution in [0, 0.1) is 0 Å². The third kappa shape index (κ3) is 5.68. The molecule has 8 heteroatoms. The van der Waals surface area contributed by atoms with Gasteiger partial charge in [-0.25, -0.2) is 0 Å². The lowest BCUT2D eigenvalue weighted by atomic mass is 10.2. The van der Waals surface area contributed by atoms with Gasteiger partial charge in [0, 0.05) is 0 Å². The number of rotatable bonds is 7. The molecule has 0 rings (SSSR count). The van der Waals surface area contributed by atoms with Crippen LogP contribution in [0.2, 0.25) is 36.3 Å². The molecule has 0 heterocycles. The van der Waals surface area contributed by atoms with E-state index in [1.165, 1.54) is 0 Å². The average Bonchev–Trinajstić information content (AvgIpc) is 2.29. The van der Waals surface area contributed by atoms with Crippen LogP contribution in [0.4, 0.5) is 0 Å². The molecule has 0 aliphatic heterocycles. The Hall–Kier alpha value is -0.706. The third-order valence-electron chi connectivity index (χ3n) is 5.29. The molecule has 0 saturated carbocycles. The van der Waals surface area contributed by atoms with Gasteiger partial charge in [-0.2, -0.15) is 0 Å². The second kappa shape index (κ2) is 7.27. The first-order chi connectivity index (χ1) is 10.3. The highest BCUT2D eigenvalue weighted by atomic mass is 28.4. The van der Waals surface area contributed by atoms with E-state index in [1.54, 1.807) is 0 Å². The van der Waals surface area contributed by atoms with Crippen LogP contribution in [0.1, 0.15) is 41.5 Å². The van der Waals surface area contributed by atoms with E-state index in [4.69, 9.17) is 20.3 Å². The minimum atomic E-state index is -2.33. The number of amides is 2. The molecule has 2 atom stereocenters. The number of primary amides is 2. The van der Waals surface area contributed by atoms with E-state index < -0.39 is 40.7 Å². The van der Waals surface area contributed by atoms with Crippen LogP contribution in [0.25, 0.3) is 0 Å². The van der Waals surface area contributed by atoms with Gasteiger partial charge >= 0.3 is 0 Å². The molecule has 4 N–H and O–H groups in total. The number of nitrogens with two attached hydrogens (primary N) is 2. The van der Waals surface area contributed by atoms with Crippen molar-refractivity contribution < 1.29 is 18.4 Å². The number of hydrogen-bond donors (Lipinski definition) is 2. The maximum Gasteiger partial charge on any atom is 0.248 e. The Kier molecular flexibility index (Phi) is 7.05. The van der Waals surface area contributed by atoms with Gasteiger partial charge in [-0.05, 0) is 36.3 Å². The van der Waals surface area contributed by atoms with Crippen molar-refractivity contribution in [1.82, 2.24) is 0 Å². The van der Waals surface area contributed by atoms with E-state index in [1.807, 2.05) is 67.7 Å². The van der Waals surface area contributed by atoms with Gasteiger partial charge in [0.1, 0.15) is 0 Å². The quantitative estimate of drug-likeness (QED) is 0.666. The minimum absolute atomic E-state index is 0.139. The molecular formula is C16H36N2O4Si2. The first-order valence-electron chi connectivity index (χ1n) is 8.28. The maximum atomic E-state index is 12.0. The highest BCUT2D eigenvalue weighted by Crippen LogP contribution is 2.40. The summed E-state index contributed by atoms with van der Waals surface area (Å²) in [7, 11) is -4.67. The van der Waals surface area contributed by atoms with Crippen LogP contribution >= 0.6 is 0 Å². The summed E-state index contributed by atoms with van der Waals surface area (Å²) in [5.74, 6) is -1.44. The molecule has 142 valence electrons. The Morgan fingerprint density at radius 1 is 0.708 bits per heavy atom. The lowest BCUT2D eigenvalue weighted by Gasteiger charge is -2.43. The third-order valence-corrected chi connectivity index (χ3v) is 14.2. The molecule has 0 aliphatic rings. The molecule has 0 fully saturated rings. The van der Waals surface area contributed by atoms with Gasteiger partial charge in [-0.15, -0.1) is 0 Å². The van der Waals surface area contributed by atoms with Crippen molar-refractivity contribution in [2.45, 2.75) is 90.0 Å². The molecular weight excluding hydrogens is 340 g/mol. The molecule has 0 aromatic carbocycles. The van der Waals surface area contributed by atoms with Crippen molar-refractivity contribution in [3.63, 3.8) is 0 Å². The molecule has 0 aliphatic carbocycles. The van der Waals surface area contributed by atoms with E-state index in [0.717, 1.165) is 0 Å². The Morgan fingerprint density at radius 2 is 0.917 bits per heavy atom. The van der Waals surface area contributed by atoms with E-state index in [0.29, 0.717) is 0 Å². The van der Waals surface area contributed by atoms with Crippen molar-refractivity contribution in [3.8, 4) is 0 Å². The van der Waals surface area contributed by atoms with Gasteiger partial charge in [0.2, 0.25) is 11.8 Å². The Morgan fingerprint density at radius 3 is 1.04 bits per heavy atom. The zero-order chi connectivity index (χ0) is 19.7. The predicted molar refractivity (Wildman–Crippen MR) is 103 cm³/mol. The van der Waals surface area contributed by atoms with Crippen molar-refractivity contribution >= 4 is 28.4 Å². The fourth-order valence-corrected chi connectivity index (χ4v) is 3.98. The number of carbonyl (C=O) groups is 2. The van der Waals surface area contributed by atoms with E-state index in [2.05, 4.69) is 0 Å². The standard InChI is InChI=1S/C16H36N2O4Si2/c1-15(2,3)23(7,8)21-11(13(17)19)12(14(18)20)22-24(9,10)16(4,5)6/h11-12H,1-10H3,(H2,17,19)(H2,18,20)/t11-,12-/m1/s1. The van der Waals surface area contributed by atoms with Gasteiger partial charge in [0.05, 0.1) is 0 Å². The molecule has 0 radical (unpaired) electrons. The molecule has 24 heavy (non-hydrogen) atoms. The molecule has 0 spiro atoms. The molecule has 2 amide bonds. The smallest absolute Gasteiger partial charge is 0.248 e. The molecule has 0 aromatic heterocycles. The number of hydrogen-bond acceptors (Lipinski definition) is 4. The Labute approximate surface area is 148 Å². The summed E-state index contributed by atoms with van der Waals surface area (Å²) in [6.07, 6.45) is -2.34. The molecule has 0 unspecified atom stereocenters. The first-order valence-corrected chi connectivity index (χ1v) is 14.1. The van der Waals surface area contributed by atoms with Crippen LogP contribution in [0.15, 0.2) is 0 Å². The fourth-order valence-electron chi connectivity index (χ4n) is 1.53. The lowest BCUT2D eigenvalue weighted by molar-refractivity contribution is -0.140. The van der Waals surface area contributed by atoms with Gasteiger partial charge in [0.15, 0.2) is 28.8 Å². The minimum Gasteiger partial charge on any atom is -0.403 e. The Bertz CT molecular complexity index is 435. The van der Waals surface area contributed by atoms with Crippen LogP contribution in [-0.2, 0) is 18.4 Å². The van der Waals surface area contributed by atoms with Crippen molar-refractivity contribution in [3.05, 3.63) is 0 Å². The van der Waals surface area contributed by atoms with E-state index >= 15 is 0 Å². The molecule has 0 saturated heterocycles. The van der Waals surface area contributed by atoms with Crippen molar-refractivity contribution in [1.29, 1.82) is 0 Å². The second-order valence-electron chi connectivity index (χ2n) is 9.40. The van der Waals surface area contributed by atoms with Gasteiger partial charge in [0.25, 0.3) is 0 Å². The number of carbonyl (C=O) groups excluding carboxylic acids is 2. The summed E-state index contributed by atoms with van der Waals surface area (Å²) in [6, 6.07) is 0. The highest BCUT2D eigenvalue weighted by molar-refractivity contribution is 6.75. The monoisotopic (exact) mass is 376 g/mol. The summed E-state index contributed by atoms with van der Waals surface area (Å²) in [4.78, 5) is 24.1. The molecule has 6 nitrogen and oxygen atoms in total. The highest BCUT2D eigenvalue weighted by Gasteiger charge is 2.47. The second-order valence-corrected chi connectivity index (χ2v) is 18.9. The van der Waals surface area contributed by atoms with E-state index in [9.17, 15) is 9.59 Å². The van der Waals surface area contributed by atoms with Crippen molar-refractivity contribution in [2.24, 2.45) is 11.5 Å². The summed E-state index contributed by atoms with van der Waals surface area (Å²) >= 11 is 0. The normalized spacial score (nSPS) is 16.6. The van der Waals surface area contributed by atoms with Gasteiger partial charge in [-0.1, -0.05) is 41.5 Å². The van der Waals surface area contributed by atoms with Gasteiger partial charge < -0.3 is 20.3 Å². The van der Waals surface area contributed by atoms with Crippen LogP contribution in [0.5, 0.6) is 0 Å². The lowest BCUT2D eigenvalue weighted by Crippen LogP contribution is -2.59. The summed E-state index contributed by atoms with van der Waals surface area (Å²) in [6.45, 7) is 20.3. The zero-order valence-corrected chi connectivity index (χ0v) is 18.9. The van der Waals surface area contributed by atoms with Crippen LogP contribution in [0.3, 0.4) is 0 Å². The van der Waals surface area contributed by atoms with Crippen molar-refractivity contribution in [2.75, 3.05) is 0 Å². The zero-order valence-electron chi connectivity index (χ0n) is 16.9. The molecule has 0 bridgehead atoms. The Balaban J connectivity index is 5.74. The summed E-state index contributed by atoms with van der Waals surface area (Å²) < 4.78 is 12.2. The molecule has 0 aromatic rings. The van der Waals surface area contributed by atoms with E-state index in [-0.39, 0.29) is 10.1 Å². The summed E-state index contributed by atoms with van der Waals surface area (Å²) in [5.41, 5.74) is 11.1. The fraction of sp³-hybridized carbons (Fsp3) is 0.875. The predicted octanol–water partition coefficient (Wildman–Crippen LogP) is 2.74.